The van der Waals surface area contributed by atoms with E-state index < -0.39 is 0 Å². The van der Waals surface area contributed by atoms with E-state index in [1.165, 1.54) is 32.4 Å². The first-order valence-corrected chi connectivity index (χ1v) is 12.1. The van der Waals surface area contributed by atoms with Crippen molar-refractivity contribution >= 4 is 16.8 Å². The number of aromatic nitrogens is 2. The average Bonchev–Trinajstić information content (AvgIpc) is 2.89. The second-order valence-corrected chi connectivity index (χ2v) is 8.99. The van der Waals surface area contributed by atoms with E-state index >= 15 is 0 Å². The maximum atomic E-state index is 13.5. The molecule has 1 saturated carbocycles. The Balaban J connectivity index is 1.77. The molecular formula is C27H33N3O5. The zero-order chi connectivity index (χ0) is 24.9. The quantitative estimate of drug-likeness (QED) is 0.501. The molecule has 0 radical (unpaired) electrons. The Morgan fingerprint density at radius 2 is 1.69 bits per heavy atom. The fourth-order valence-corrected chi connectivity index (χ4v) is 4.96. The zero-order valence-corrected chi connectivity index (χ0v) is 20.8. The second kappa shape index (κ2) is 10.8. The van der Waals surface area contributed by atoms with Crippen LogP contribution in [0.2, 0.25) is 0 Å². The van der Waals surface area contributed by atoms with Crippen LogP contribution in [0, 0.1) is 11.8 Å². The van der Waals surface area contributed by atoms with Crippen molar-refractivity contribution in [3.05, 3.63) is 46.8 Å². The van der Waals surface area contributed by atoms with Gasteiger partial charge in [0.25, 0.3) is 5.56 Å². The number of nitrogens with one attached hydrogen (secondary N) is 1. The molecule has 4 rings (SSSR count). The van der Waals surface area contributed by atoms with Gasteiger partial charge in [0.2, 0.25) is 11.7 Å². The van der Waals surface area contributed by atoms with Crippen LogP contribution in [0.25, 0.3) is 22.3 Å². The maximum Gasteiger partial charge on any atom is 0.280 e. The molecule has 3 aromatic rings. The summed E-state index contributed by atoms with van der Waals surface area (Å²) in [6.45, 7) is 2.20. The normalized spacial score (nSPS) is 17.7. The van der Waals surface area contributed by atoms with E-state index in [-0.39, 0.29) is 17.4 Å². The third kappa shape index (κ3) is 4.97. The van der Waals surface area contributed by atoms with E-state index in [9.17, 15) is 9.59 Å². The van der Waals surface area contributed by atoms with Gasteiger partial charge in [-0.3, -0.25) is 15.0 Å². The number of hydrogen-bond acceptors (Lipinski definition) is 6. The van der Waals surface area contributed by atoms with Crippen molar-refractivity contribution in [1.82, 2.24) is 9.66 Å². The molecule has 2 aromatic carbocycles. The summed E-state index contributed by atoms with van der Waals surface area (Å²) in [7, 11) is 4.58. The number of fused-ring (bicyclic) bond motifs is 1. The molecule has 0 aliphatic heterocycles. The number of carbonyl (C=O) groups excluding carboxylic acids is 1. The molecule has 1 N–H and O–H groups in total. The lowest BCUT2D eigenvalue weighted by Crippen LogP contribution is -2.39. The maximum absolute atomic E-state index is 13.5. The molecule has 8 heteroatoms. The minimum atomic E-state index is -0.340. The number of benzene rings is 2. The molecule has 1 aliphatic rings. The fraction of sp³-hybridized carbons (Fsp3) is 0.444. The summed E-state index contributed by atoms with van der Waals surface area (Å²) in [5.74, 6) is 1.97. The first kappa shape index (κ1) is 24.6. The Bertz CT molecular complexity index is 1240. The number of methoxy groups -OCH3 is 3. The lowest BCUT2D eigenvalue weighted by molar-refractivity contribution is -0.122. The van der Waals surface area contributed by atoms with Crippen molar-refractivity contribution in [2.24, 2.45) is 11.8 Å². The molecule has 1 aromatic heterocycles. The van der Waals surface area contributed by atoms with Gasteiger partial charge < -0.3 is 14.2 Å². The van der Waals surface area contributed by atoms with E-state index in [4.69, 9.17) is 19.2 Å². The fourth-order valence-electron chi connectivity index (χ4n) is 4.96. The van der Waals surface area contributed by atoms with Crippen LogP contribution in [0.5, 0.6) is 17.2 Å². The first-order chi connectivity index (χ1) is 17.0. The molecule has 0 bridgehead atoms. The highest BCUT2D eigenvalue weighted by atomic mass is 16.5. The van der Waals surface area contributed by atoms with E-state index in [0.717, 1.165) is 32.1 Å². The van der Waals surface area contributed by atoms with Crippen LogP contribution in [0.15, 0.2) is 41.2 Å². The predicted octanol–water partition coefficient (Wildman–Crippen LogP) is 4.77. The van der Waals surface area contributed by atoms with Crippen molar-refractivity contribution in [2.75, 3.05) is 26.8 Å². The highest BCUT2D eigenvalue weighted by Gasteiger charge is 2.27. The van der Waals surface area contributed by atoms with E-state index in [0.29, 0.717) is 45.5 Å². The Labute approximate surface area is 205 Å². The molecular weight excluding hydrogens is 446 g/mol. The number of hydrogen-bond donors (Lipinski definition) is 1. The molecule has 0 atom stereocenters. The summed E-state index contributed by atoms with van der Waals surface area (Å²) >= 11 is 0. The average molecular weight is 480 g/mol. The number of rotatable bonds is 8. The van der Waals surface area contributed by atoms with Gasteiger partial charge in [0, 0.05) is 11.5 Å². The summed E-state index contributed by atoms with van der Waals surface area (Å²) in [4.78, 5) is 31.6. The number of ether oxygens (including phenoxy) is 3. The van der Waals surface area contributed by atoms with Crippen LogP contribution >= 0.6 is 0 Å². The van der Waals surface area contributed by atoms with Gasteiger partial charge in [0.05, 0.1) is 32.2 Å². The topological polar surface area (TPSA) is 91.7 Å². The molecule has 186 valence electrons. The Hall–Kier alpha value is -3.55. The Kier molecular flexibility index (Phi) is 7.58. The van der Waals surface area contributed by atoms with Crippen molar-refractivity contribution in [3.63, 3.8) is 0 Å². The van der Waals surface area contributed by atoms with Crippen molar-refractivity contribution in [1.29, 1.82) is 0 Å². The standard InChI is InChI=1S/C27H33N3O5/c1-5-8-17-11-13-18(14-12-17)26(31)29-30-25(28-21-10-7-6-9-20(21)27(30)32)19-15-22(33-2)24(35-4)23(16-19)34-3/h6-7,9-10,15-18H,5,8,11-14H2,1-4H3,(H,29,31). The zero-order valence-electron chi connectivity index (χ0n) is 20.8. The first-order valence-electron chi connectivity index (χ1n) is 12.1. The smallest absolute Gasteiger partial charge is 0.280 e. The lowest BCUT2D eigenvalue weighted by atomic mass is 9.80. The lowest BCUT2D eigenvalue weighted by Gasteiger charge is -2.28. The molecule has 1 aliphatic carbocycles. The van der Waals surface area contributed by atoms with Gasteiger partial charge >= 0.3 is 0 Å². The van der Waals surface area contributed by atoms with Crippen LogP contribution < -0.4 is 25.2 Å². The van der Waals surface area contributed by atoms with Crippen molar-refractivity contribution in [3.8, 4) is 28.6 Å². The summed E-state index contributed by atoms with van der Waals surface area (Å²) in [5, 5.41) is 0.427. The monoisotopic (exact) mass is 479 g/mol. The van der Waals surface area contributed by atoms with Crippen LogP contribution in [-0.2, 0) is 4.79 Å². The molecule has 1 heterocycles. The van der Waals surface area contributed by atoms with Gasteiger partial charge in [-0.2, -0.15) is 4.68 Å². The third-order valence-electron chi connectivity index (χ3n) is 6.84. The Morgan fingerprint density at radius 3 is 2.29 bits per heavy atom. The SMILES string of the molecule is CCCC1CCC(C(=O)Nn2c(-c3cc(OC)c(OC)c(OC)c3)nc3ccccc3c2=O)CC1. The van der Waals surface area contributed by atoms with Gasteiger partial charge in [-0.25, -0.2) is 4.98 Å². The van der Waals surface area contributed by atoms with Crippen molar-refractivity contribution in [2.45, 2.75) is 45.4 Å². The van der Waals surface area contributed by atoms with Gasteiger partial charge in [0.1, 0.15) is 0 Å². The van der Waals surface area contributed by atoms with Gasteiger partial charge in [-0.15, -0.1) is 0 Å². The number of para-hydroxylation sites is 1. The van der Waals surface area contributed by atoms with E-state index in [1.807, 2.05) is 6.07 Å². The summed E-state index contributed by atoms with van der Waals surface area (Å²) in [5.41, 5.74) is 3.62. The van der Waals surface area contributed by atoms with Crippen LogP contribution in [0.1, 0.15) is 45.4 Å². The van der Waals surface area contributed by atoms with Gasteiger partial charge in [-0.05, 0) is 55.9 Å². The Morgan fingerprint density at radius 1 is 1.03 bits per heavy atom. The minimum Gasteiger partial charge on any atom is -0.493 e. The van der Waals surface area contributed by atoms with Crippen LogP contribution in [-0.4, -0.2) is 36.9 Å². The highest BCUT2D eigenvalue weighted by molar-refractivity contribution is 5.88. The van der Waals surface area contributed by atoms with Crippen molar-refractivity contribution < 1.29 is 19.0 Å². The summed E-state index contributed by atoms with van der Waals surface area (Å²) in [6, 6.07) is 10.5. The van der Waals surface area contributed by atoms with E-state index in [1.54, 1.807) is 30.3 Å². The molecule has 0 saturated heterocycles. The number of nitrogens with zero attached hydrogens (tertiary/aromatic N) is 2. The molecule has 1 fully saturated rings. The second-order valence-electron chi connectivity index (χ2n) is 8.99. The van der Waals surface area contributed by atoms with Crippen LogP contribution in [0.3, 0.4) is 0 Å². The summed E-state index contributed by atoms with van der Waals surface area (Å²) in [6.07, 6.45) is 6.09. The third-order valence-corrected chi connectivity index (χ3v) is 6.84. The molecule has 8 nitrogen and oxygen atoms in total. The highest BCUT2D eigenvalue weighted by Crippen LogP contribution is 2.41. The molecule has 35 heavy (non-hydrogen) atoms. The number of carbonyl (C=O) groups is 1. The van der Waals surface area contributed by atoms with E-state index in [2.05, 4.69) is 12.3 Å². The van der Waals surface area contributed by atoms with Gasteiger partial charge in [0.15, 0.2) is 17.3 Å². The van der Waals surface area contributed by atoms with Gasteiger partial charge in [-0.1, -0.05) is 31.9 Å². The van der Waals surface area contributed by atoms with Crippen LogP contribution in [0.4, 0.5) is 0 Å². The molecule has 1 amide bonds. The minimum absolute atomic E-state index is 0.130. The summed E-state index contributed by atoms with van der Waals surface area (Å²) < 4.78 is 17.7. The molecule has 0 spiro atoms. The number of amides is 1. The predicted molar refractivity (Wildman–Crippen MR) is 136 cm³/mol. The largest absolute Gasteiger partial charge is 0.493 e. The molecule has 0 unspecified atom stereocenters.